The second kappa shape index (κ2) is 6.49. The molecule has 1 amide bonds. The van der Waals surface area contributed by atoms with Crippen LogP contribution in [0.5, 0.6) is 0 Å². The van der Waals surface area contributed by atoms with E-state index >= 15 is 0 Å². The highest BCUT2D eigenvalue weighted by Gasteiger charge is 2.37. The first-order valence-corrected chi connectivity index (χ1v) is 8.87. The van der Waals surface area contributed by atoms with Gasteiger partial charge in [0.2, 0.25) is 5.91 Å². The maximum Gasteiger partial charge on any atom is 0.221 e. The highest BCUT2D eigenvalue weighted by molar-refractivity contribution is 8.00. The molecule has 0 bridgehead atoms. The van der Waals surface area contributed by atoms with E-state index in [1.54, 1.807) is 0 Å². The second-order valence-corrected chi connectivity index (χ2v) is 7.56. The topological polar surface area (TPSA) is 41.1 Å². The highest BCUT2D eigenvalue weighted by atomic mass is 32.2. The number of thioether (sulfide) groups is 1. The first kappa shape index (κ1) is 15.2. The van der Waals surface area contributed by atoms with Crippen LogP contribution in [-0.4, -0.2) is 36.0 Å². The fraction of sp³-hybridized carbons (Fsp3) is 0.933. The number of carbonyl (C=O) groups is 1. The number of rotatable bonds is 6. The molecular formula is C15H28N2OS. The van der Waals surface area contributed by atoms with Crippen molar-refractivity contribution < 1.29 is 4.79 Å². The Balaban J connectivity index is 1.79. The minimum absolute atomic E-state index is 0.0640. The van der Waals surface area contributed by atoms with E-state index in [1.165, 1.54) is 38.5 Å². The van der Waals surface area contributed by atoms with Crippen molar-refractivity contribution in [3.05, 3.63) is 0 Å². The Morgan fingerprint density at radius 1 is 1.11 bits per heavy atom. The molecule has 0 aromatic heterocycles. The summed E-state index contributed by atoms with van der Waals surface area (Å²) >= 11 is 1.92. The number of nitrogens with one attached hydrogen (secondary N) is 2. The van der Waals surface area contributed by atoms with Gasteiger partial charge in [0, 0.05) is 23.3 Å². The summed E-state index contributed by atoms with van der Waals surface area (Å²) in [4.78, 5) is 12.2. The molecule has 0 heterocycles. The van der Waals surface area contributed by atoms with Crippen LogP contribution in [0.1, 0.15) is 57.8 Å². The lowest BCUT2D eigenvalue weighted by Crippen LogP contribution is -2.51. The summed E-state index contributed by atoms with van der Waals surface area (Å²) in [7, 11) is 2.01. The van der Waals surface area contributed by atoms with Crippen molar-refractivity contribution in [1.82, 2.24) is 10.6 Å². The minimum atomic E-state index is 0.0640. The van der Waals surface area contributed by atoms with Gasteiger partial charge >= 0.3 is 0 Å². The fourth-order valence-corrected chi connectivity index (χ4v) is 4.31. The molecule has 0 radical (unpaired) electrons. The molecule has 2 fully saturated rings. The van der Waals surface area contributed by atoms with Crippen LogP contribution in [0.15, 0.2) is 0 Å². The summed E-state index contributed by atoms with van der Waals surface area (Å²) in [6.07, 6.45) is 12.8. The standard InChI is InChI=1S/C15H28N2OS/c1-16-14(7-4-3-5-8-14)11-13(18)17-12-15(19-2)9-6-10-15/h16H,3-12H2,1-2H3,(H,17,18). The molecule has 2 aliphatic carbocycles. The summed E-state index contributed by atoms with van der Waals surface area (Å²) in [5.41, 5.74) is 0.0640. The molecule has 2 rings (SSSR count). The summed E-state index contributed by atoms with van der Waals surface area (Å²) in [6.45, 7) is 0.854. The molecule has 110 valence electrons. The van der Waals surface area contributed by atoms with E-state index in [1.807, 2.05) is 18.8 Å². The third kappa shape index (κ3) is 3.66. The Kier molecular flexibility index (Phi) is 5.18. The van der Waals surface area contributed by atoms with Crippen LogP contribution in [0.25, 0.3) is 0 Å². The van der Waals surface area contributed by atoms with Crippen molar-refractivity contribution in [2.75, 3.05) is 19.8 Å². The Morgan fingerprint density at radius 3 is 2.26 bits per heavy atom. The Bertz CT molecular complexity index is 304. The second-order valence-electron chi connectivity index (χ2n) is 6.29. The number of hydrogen-bond acceptors (Lipinski definition) is 3. The quantitative estimate of drug-likeness (QED) is 0.788. The molecule has 2 saturated carbocycles. The molecule has 0 spiro atoms. The van der Waals surface area contributed by atoms with Gasteiger partial charge in [-0.1, -0.05) is 25.7 Å². The molecule has 3 nitrogen and oxygen atoms in total. The van der Waals surface area contributed by atoms with Gasteiger partial charge in [-0.3, -0.25) is 4.79 Å². The lowest BCUT2D eigenvalue weighted by atomic mass is 9.79. The normalized spacial score (nSPS) is 24.5. The first-order valence-electron chi connectivity index (χ1n) is 7.64. The molecule has 0 aromatic carbocycles. The number of amides is 1. The minimum Gasteiger partial charge on any atom is -0.355 e. The van der Waals surface area contributed by atoms with Crippen molar-refractivity contribution in [3.63, 3.8) is 0 Å². The van der Waals surface area contributed by atoms with E-state index in [9.17, 15) is 4.79 Å². The SMILES string of the molecule is CNC1(CC(=O)NCC2(SC)CCC2)CCCCC1. The fourth-order valence-electron chi connectivity index (χ4n) is 3.40. The van der Waals surface area contributed by atoms with Crippen LogP contribution < -0.4 is 10.6 Å². The van der Waals surface area contributed by atoms with Gasteiger partial charge in [0.1, 0.15) is 0 Å². The molecule has 0 aromatic rings. The molecule has 2 N–H and O–H groups in total. The summed E-state index contributed by atoms with van der Waals surface area (Å²) in [5, 5.41) is 6.60. The average Bonchev–Trinajstić information content (AvgIpc) is 2.39. The van der Waals surface area contributed by atoms with Crippen molar-refractivity contribution >= 4 is 17.7 Å². The van der Waals surface area contributed by atoms with Crippen molar-refractivity contribution in [1.29, 1.82) is 0 Å². The maximum atomic E-state index is 12.2. The zero-order valence-corrected chi connectivity index (χ0v) is 13.2. The lowest BCUT2D eigenvalue weighted by molar-refractivity contribution is -0.123. The summed E-state index contributed by atoms with van der Waals surface area (Å²) in [6, 6.07) is 0. The van der Waals surface area contributed by atoms with E-state index in [-0.39, 0.29) is 11.4 Å². The molecule has 19 heavy (non-hydrogen) atoms. The van der Waals surface area contributed by atoms with Crippen LogP contribution in [0.2, 0.25) is 0 Å². The maximum absolute atomic E-state index is 12.2. The van der Waals surface area contributed by atoms with E-state index < -0.39 is 0 Å². The van der Waals surface area contributed by atoms with E-state index in [4.69, 9.17) is 0 Å². The zero-order valence-electron chi connectivity index (χ0n) is 12.4. The summed E-state index contributed by atoms with van der Waals surface area (Å²) < 4.78 is 0.342. The van der Waals surface area contributed by atoms with Gasteiger partial charge < -0.3 is 10.6 Å². The predicted octanol–water partition coefficient (Wildman–Crippen LogP) is 2.70. The third-order valence-electron chi connectivity index (χ3n) is 5.15. The van der Waals surface area contributed by atoms with Crippen molar-refractivity contribution in [2.24, 2.45) is 0 Å². The monoisotopic (exact) mass is 284 g/mol. The van der Waals surface area contributed by atoms with E-state index in [0.29, 0.717) is 11.2 Å². The van der Waals surface area contributed by atoms with Crippen LogP contribution in [0.4, 0.5) is 0 Å². The lowest BCUT2D eigenvalue weighted by Gasteiger charge is -2.41. The van der Waals surface area contributed by atoms with Gasteiger partial charge in [0.05, 0.1) is 0 Å². The number of hydrogen-bond donors (Lipinski definition) is 2. The largest absolute Gasteiger partial charge is 0.355 e. The summed E-state index contributed by atoms with van der Waals surface area (Å²) in [5.74, 6) is 0.233. The Labute approximate surface area is 121 Å². The van der Waals surface area contributed by atoms with Crippen molar-refractivity contribution in [3.8, 4) is 0 Å². The van der Waals surface area contributed by atoms with Crippen molar-refractivity contribution in [2.45, 2.75) is 68.1 Å². The molecule has 0 unspecified atom stereocenters. The molecule has 0 atom stereocenters. The van der Waals surface area contributed by atoms with Crippen LogP contribution in [0.3, 0.4) is 0 Å². The highest BCUT2D eigenvalue weighted by Crippen LogP contribution is 2.42. The van der Waals surface area contributed by atoms with E-state index in [0.717, 1.165) is 19.4 Å². The van der Waals surface area contributed by atoms with Gasteiger partial charge in [0.15, 0.2) is 0 Å². The van der Waals surface area contributed by atoms with E-state index in [2.05, 4.69) is 16.9 Å². The third-order valence-corrected chi connectivity index (χ3v) is 6.56. The van der Waals surface area contributed by atoms with Crippen LogP contribution >= 0.6 is 11.8 Å². The van der Waals surface area contributed by atoms with Crippen LogP contribution in [0, 0.1) is 0 Å². The van der Waals surface area contributed by atoms with Gasteiger partial charge in [-0.25, -0.2) is 0 Å². The average molecular weight is 284 g/mol. The zero-order chi connectivity index (χ0) is 13.8. The molecule has 0 aliphatic heterocycles. The Hall–Kier alpha value is -0.220. The number of carbonyl (C=O) groups excluding carboxylic acids is 1. The smallest absolute Gasteiger partial charge is 0.221 e. The van der Waals surface area contributed by atoms with Crippen LogP contribution in [-0.2, 0) is 4.79 Å². The van der Waals surface area contributed by atoms with Gasteiger partial charge in [0.25, 0.3) is 0 Å². The molecule has 0 saturated heterocycles. The molecule has 2 aliphatic rings. The molecular weight excluding hydrogens is 256 g/mol. The predicted molar refractivity (Wildman–Crippen MR) is 82.6 cm³/mol. The molecule has 4 heteroatoms. The van der Waals surface area contributed by atoms with Gasteiger partial charge in [-0.05, 0) is 39.0 Å². The Morgan fingerprint density at radius 2 is 1.79 bits per heavy atom. The van der Waals surface area contributed by atoms with Gasteiger partial charge in [-0.15, -0.1) is 0 Å². The first-order chi connectivity index (χ1) is 9.14. The van der Waals surface area contributed by atoms with Gasteiger partial charge in [-0.2, -0.15) is 11.8 Å².